The molecule has 17 heavy (non-hydrogen) atoms. The standard InChI is InChI=1S/C15H20N2/c1-15(2,10-16)11-17(3)14-8-7-12-5-4-6-13(12)9-14/h7-9H,4-6,11H2,1-3H3. The fourth-order valence-corrected chi connectivity index (χ4v) is 2.52. The molecule has 0 heterocycles. The second-order valence-corrected chi connectivity index (χ2v) is 5.66. The molecule has 0 N–H and O–H groups in total. The van der Waals surface area contributed by atoms with Crippen LogP contribution in [-0.2, 0) is 12.8 Å². The minimum absolute atomic E-state index is 0.298. The van der Waals surface area contributed by atoms with Gasteiger partial charge in [0, 0.05) is 19.3 Å². The van der Waals surface area contributed by atoms with E-state index in [1.165, 1.54) is 36.1 Å². The Hall–Kier alpha value is -1.49. The first-order valence-corrected chi connectivity index (χ1v) is 6.26. The SMILES string of the molecule is CN(CC(C)(C)C#N)c1ccc2c(c1)CCC2. The molecule has 0 radical (unpaired) electrons. The molecule has 2 heteroatoms. The van der Waals surface area contributed by atoms with E-state index < -0.39 is 0 Å². The fourth-order valence-electron chi connectivity index (χ4n) is 2.52. The van der Waals surface area contributed by atoms with Gasteiger partial charge in [0.2, 0.25) is 0 Å². The van der Waals surface area contributed by atoms with Crippen molar-refractivity contribution in [2.24, 2.45) is 5.41 Å². The molecule has 0 bridgehead atoms. The van der Waals surface area contributed by atoms with Gasteiger partial charge in [-0.05, 0) is 56.4 Å². The molecule has 90 valence electrons. The van der Waals surface area contributed by atoms with Crippen LogP contribution < -0.4 is 4.90 Å². The molecular formula is C15H20N2. The third kappa shape index (κ3) is 2.61. The van der Waals surface area contributed by atoms with Gasteiger partial charge in [-0.1, -0.05) is 6.07 Å². The maximum atomic E-state index is 9.07. The van der Waals surface area contributed by atoms with Gasteiger partial charge in [-0.25, -0.2) is 0 Å². The van der Waals surface area contributed by atoms with Gasteiger partial charge in [-0.2, -0.15) is 5.26 Å². The highest BCUT2D eigenvalue weighted by Crippen LogP contribution is 2.27. The predicted octanol–water partition coefficient (Wildman–Crippen LogP) is 3.16. The van der Waals surface area contributed by atoms with Crippen molar-refractivity contribution in [1.29, 1.82) is 5.26 Å². The highest BCUT2D eigenvalue weighted by molar-refractivity contribution is 5.52. The average molecular weight is 228 g/mol. The highest BCUT2D eigenvalue weighted by atomic mass is 15.1. The zero-order valence-electron chi connectivity index (χ0n) is 11.0. The molecule has 1 aromatic rings. The molecule has 0 fully saturated rings. The van der Waals surface area contributed by atoms with E-state index in [2.05, 4.69) is 36.2 Å². The molecule has 1 aromatic carbocycles. The maximum absolute atomic E-state index is 9.07. The van der Waals surface area contributed by atoms with Gasteiger partial charge in [0.05, 0.1) is 11.5 Å². The number of hydrogen-bond donors (Lipinski definition) is 0. The van der Waals surface area contributed by atoms with Gasteiger partial charge in [0.1, 0.15) is 0 Å². The summed E-state index contributed by atoms with van der Waals surface area (Å²) in [5, 5.41) is 9.07. The van der Waals surface area contributed by atoms with E-state index in [1.807, 2.05) is 13.8 Å². The van der Waals surface area contributed by atoms with Gasteiger partial charge in [-0.3, -0.25) is 0 Å². The Morgan fingerprint density at radius 2 is 2.00 bits per heavy atom. The van der Waals surface area contributed by atoms with Gasteiger partial charge in [0.15, 0.2) is 0 Å². The Bertz CT molecular complexity index is 454. The van der Waals surface area contributed by atoms with Crippen molar-refractivity contribution >= 4 is 5.69 Å². The molecule has 2 rings (SSSR count). The smallest absolute Gasteiger partial charge is 0.0702 e. The molecule has 0 saturated carbocycles. The van der Waals surface area contributed by atoms with Crippen LogP contribution in [0.5, 0.6) is 0 Å². The molecule has 0 amide bonds. The molecule has 0 saturated heterocycles. The second-order valence-electron chi connectivity index (χ2n) is 5.66. The van der Waals surface area contributed by atoms with E-state index in [1.54, 1.807) is 0 Å². The lowest BCUT2D eigenvalue weighted by atomic mass is 9.95. The first kappa shape index (κ1) is 12.0. The summed E-state index contributed by atoms with van der Waals surface area (Å²) in [4.78, 5) is 2.18. The second kappa shape index (κ2) is 4.41. The maximum Gasteiger partial charge on any atom is 0.0702 e. The highest BCUT2D eigenvalue weighted by Gasteiger charge is 2.20. The first-order valence-electron chi connectivity index (χ1n) is 6.26. The zero-order valence-corrected chi connectivity index (χ0v) is 11.0. The first-order chi connectivity index (χ1) is 8.02. The number of rotatable bonds is 3. The average Bonchev–Trinajstić information content (AvgIpc) is 2.75. The van der Waals surface area contributed by atoms with Crippen LogP contribution in [0.4, 0.5) is 5.69 Å². The number of nitrogens with zero attached hydrogens (tertiary/aromatic N) is 2. The number of fused-ring (bicyclic) bond motifs is 1. The van der Waals surface area contributed by atoms with Crippen LogP contribution in [0.3, 0.4) is 0 Å². The Kier molecular flexibility index (Phi) is 3.11. The van der Waals surface area contributed by atoms with Crippen LogP contribution in [0.2, 0.25) is 0 Å². The summed E-state index contributed by atoms with van der Waals surface area (Å²) in [7, 11) is 2.07. The van der Waals surface area contributed by atoms with Crippen molar-refractivity contribution in [3.05, 3.63) is 29.3 Å². The van der Waals surface area contributed by atoms with Crippen molar-refractivity contribution in [2.45, 2.75) is 33.1 Å². The van der Waals surface area contributed by atoms with E-state index in [0.29, 0.717) is 0 Å². The van der Waals surface area contributed by atoms with Gasteiger partial charge >= 0.3 is 0 Å². The van der Waals surface area contributed by atoms with E-state index >= 15 is 0 Å². The molecule has 0 spiro atoms. The summed E-state index contributed by atoms with van der Waals surface area (Å²) in [5.41, 5.74) is 3.92. The monoisotopic (exact) mass is 228 g/mol. The van der Waals surface area contributed by atoms with Crippen molar-refractivity contribution in [1.82, 2.24) is 0 Å². The fraction of sp³-hybridized carbons (Fsp3) is 0.533. The Morgan fingerprint density at radius 1 is 1.29 bits per heavy atom. The lowest BCUT2D eigenvalue weighted by Gasteiger charge is -2.26. The summed E-state index contributed by atoms with van der Waals surface area (Å²) < 4.78 is 0. The van der Waals surface area contributed by atoms with Crippen LogP contribution in [-0.4, -0.2) is 13.6 Å². The molecule has 0 aromatic heterocycles. The van der Waals surface area contributed by atoms with Crippen LogP contribution in [0.1, 0.15) is 31.4 Å². The Balaban J connectivity index is 2.15. The minimum atomic E-state index is -0.298. The number of nitriles is 1. The largest absolute Gasteiger partial charge is 0.373 e. The number of hydrogen-bond acceptors (Lipinski definition) is 2. The minimum Gasteiger partial charge on any atom is -0.373 e. The lowest BCUT2D eigenvalue weighted by Crippen LogP contribution is -2.30. The van der Waals surface area contributed by atoms with Crippen LogP contribution in [0, 0.1) is 16.7 Å². The van der Waals surface area contributed by atoms with Crippen LogP contribution >= 0.6 is 0 Å². The lowest BCUT2D eigenvalue weighted by molar-refractivity contribution is 0.497. The summed E-state index contributed by atoms with van der Waals surface area (Å²) in [6.07, 6.45) is 3.72. The van der Waals surface area contributed by atoms with E-state index in [9.17, 15) is 0 Å². The van der Waals surface area contributed by atoms with Crippen LogP contribution in [0.25, 0.3) is 0 Å². The third-order valence-electron chi connectivity index (χ3n) is 3.46. The Morgan fingerprint density at radius 3 is 2.71 bits per heavy atom. The molecular weight excluding hydrogens is 208 g/mol. The molecule has 1 aliphatic rings. The molecule has 0 atom stereocenters. The van der Waals surface area contributed by atoms with E-state index in [4.69, 9.17) is 5.26 Å². The summed E-state index contributed by atoms with van der Waals surface area (Å²) >= 11 is 0. The van der Waals surface area contributed by atoms with Crippen LogP contribution in [0.15, 0.2) is 18.2 Å². The Labute approximate surface area is 104 Å². The van der Waals surface area contributed by atoms with Gasteiger partial charge < -0.3 is 4.90 Å². The summed E-state index contributed by atoms with van der Waals surface area (Å²) in [5.74, 6) is 0. The predicted molar refractivity (Wildman–Crippen MR) is 71.1 cm³/mol. The number of aryl methyl sites for hydroxylation is 2. The summed E-state index contributed by atoms with van der Waals surface area (Å²) in [6.45, 7) is 4.73. The topological polar surface area (TPSA) is 27.0 Å². The van der Waals surface area contributed by atoms with E-state index in [0.717, 1.165) is 6.54 Å². The van der Waals surface area contributed by atoms with Gasteiger partial charge in [0.25, 0.3) is 0 Å². The van der Waals surface area contributed by atoms with Crippen molar-refractivity contribution in [3.63, 3.8) is 0 Å². The third-order valence-corrected chi connectivity index (χ3v) is 3.46. The number of anilines is 1. The summed E-state index contributed by atoms with van der Waals surface area (Å²) in [6, 6.07) is 9.06. The zero-order chi connectivity index (χ0) is 12.5. The molecule has 0 unspecified atom stereocenters. The molecule has 0 aliphatic heterocycles. The quantitative estimate of drug-likeness (QED) is 0.794. The molecule has 1 aliphatic carbocycles. The van der Waals surface area contributed by atoms with Crippen molar-refractivity contribution in [2.75, 3.05) is 18.5 Å². The van der Waals surface area contributed by atoms with Gasteiger partial charge in [-0.15, -0.1) is 0 Å². The van der Waals surface area contributed by atoms with Crippen molar-refractivity contribution < 1.29 is 0 Å². The normalized spacial score (nSPS) is 14.2. The molecule has 2 nitrogen and oxygen atoms in total. The van der Waals surface area contributed by atoms with E-state index in [-0.39, 0.29) is 5.41 Å². The van der Waals surface area contributed by atoms with Crippen molar-refractivity contribution in [3.8, 4) is 6.07 Å². The number of benzene rings is 1.